The molecule has 1 aliphatic rings. The second-order valence-corrected chi connectivity index (χ2v) is 6.57. The lowest BCUT2D eigenvalue weighted by Gasteiger charge is -2.20. The lowest BCUT2D eigenvalue weighted by atomic mass is 10.2. The fourth-order valence-electron chi connectivity index (χ4n) is 2.46. The van der Waals surface area contributed by atoms with E-state index in [1.165, 1.54) is 11.8 Å². The van der Waals surface area contributed by atoms with E-state index in [-0.39, 0.29) is 22.2 Å². The highest BCUT2D eigenvalue weighted by molar-refractivity contribution is 7.91. The standard InChI is InChI=1S/C15H13NO3S/c1-11(17)16-10-12-6-2-4-8-14(12)20(18,19)15-9-5-3-7-13(15)16/h2-9H,10H2,1H3. The lowest BCUT2D eigenvalue weighted by Crippen LogP contribution is -2.27. The topological polar surface area (TPSA) is 54.5 Å². The maximum absolute atomic E-state index is 12.7. The van der Waals surface area contributed by atoms with Crippen LogP contribution in [-0.2, 0) is 21.2 Å². The van der Waals surface area contributed by atoms with Crippen molar-refractivity contribution >= 4 is 21.4 Å². The van der Waals surface area contributed by atoms with Crippen molar-refractivity contribution in [3.63, 3.8) is 0 Å². The van der Waals surface area contributed by atoms with Gasteiger partial charge in [-0.2, -0.15) is 0 Å². The van der Waals surface area contributed by atoms with E-state index < -0.39 is 9.84 Å². The summed E-state index contributed by atoms with van der Waals surface area (Å²) in [6.07, 6.45) is 0. The summed E-state index contributed by atoms with van der Waals surface area (Å²) in [5.41, 5.74) is 1.08. The molecule has 0 unspecified atom stereocenters. The Hall–Kier alpha value is -2.14. The average molecular weight is 287 g/mol. The molecule has 1 amide bonds. The maximum Gasteiger partial charge on any atom is 0.224 e. The number of hydrogen-bond acceptors (Lipinski definition) is 3. The Morgan fingerprint density at radius 2 is 1.60 bits per heavy atom. The Morgan fingerprint density at radius 3 is 2.30 bits per heavy atom. The first-order valence-corrected chi connectivity index (χ1v) is 7.70. The molecule has 2 aromatic rings. The van der Waals surface area contributed by atoms with Crippen molar-refractivity contribution < 1.29 is 13.2 Å². The van der Waals surface area contributed by atoms with Gasteiger partial charge in [-0.15, -0.1) is 0 Å². The van der Waals surface area contributed by atoms with E-state index in [0.717, 1.165) is 0 Å². The third-order valence-corrected chi connectivity index (χ3v) is 5.32. The van der Waals surface area contributed by atoms with Crippen LogP contribution in [-0.4, -0.2) is 14.3 Å². The number of anilines is 1. The maximum atomic E-state index is 12.7. The summed E-state index contributed by atoms with van der Waals surface area (Å²) in [4.78, 5) is 13.8. The fraction of sp³-hybridized carbons (Fsp3) is 0.133. The molecule has 0 atom stereocenters. The van der Waals surface area contributed by atoms with E-state index in [4.69, 9.17) is 0 Å². The fourth-order valence-corrected chi connectivity index (χ4v) is 4.14. The molecule has 0 bridgehead atoms. The molecule has 0 spiro atoms. The van der Waals surface area contributed by atoms with Gasteiger partial charge in [0.05, 0.1) is 22.0 Å². The molecule has 5 heteroatoms. The molecule has 0 fully saturated rings. The molecule has 2 aromatic carbocycles. The Bertz CT molecular complexity index is 796. The van der Waals surface area contributed by atoms with Crippen molar-refractivity contribution in [3.8, 4) is 0 Å². The molecule has 3 rings (SSSR count). The second kappa shape index (κ2) is 4.45. The first-order valence-electron chi connectivity index (χ1n) is 6.22. The first-order chi connectivity index (χ1) is 9.51. The largest absolute Gasteiger partial charge is 0.307 e. The highest BCUT2D eigenvalue weighted by atomic mass is 32.2. The number of rotatable bonds is 0. The van der Waals surface area contributed by atoms with Crippen LogP contribution in [0.15, 0.2) is 58.3 Å². The molecular weight excluding hydrogens is 274 g/mol. The van der Waals surface area contributed by atoms with Crippen LogP contribution in [0.2, 0.25) is 0 Å². The first kappa shape index (κ1) is 12.9. The van der Waals surface area contributed by atoms with E-state index in [2.05, 4.69) is 0 Å². The third kappa shape index (κ3) is 1.82. The predicted octanol–water partition coefficient (Wildman–Crippen LogP) is 2.39. The molecule has 4 nitrogen and oxygen atoms in total. The van der Waals surface area contributed by atoms with Crippen molar-refractivity contribution in [2.75, 3.05) is 4.90 Å². The van der Waals surface area contributed by atoms with Gasteiger partial charge in [0.1, 0.15) is 0 Å². The van der Waals surface area contributed by atoms with Gasteiger partial charge in [-0.25, -0.2) is 8.42 Å². The second-order valence-electron chi connectivity index (χ2n) is 4.68. The summed E-state index contributed by atoms with van der Waals surface area (Å²) in [5, 5.41) is 0. The predicted molar refractivity (Wildman–Crippen MR) is 75.2 cm³/mol. The number of hydrogen-bond donors (Lipinski definition) is 0. The van der Waals surface area contributed by atoms with Crippen molar-refractivity contribution in [2.45, 2.75) is 23.3 Å². The van der Waals surface area contributed by atoms with Crippen LogP contribution in [0.1, 0.15) is 12.5 Å². The van der Waals surface area contributed by atoms with Gasteiger partial charge in [0, 0.05) is 6.92 Å². The SMILES string of the molecule is CC(=O)N1Cc2ccccc2S(=O)(=O)c2ccccc21. The van der Waals surface area contributed by atoms with Crippen LogP contribution < -0.4 is 4.90 Å². The minimum atomic E-state index is -3.60. The molecular formula is C15H13NO3S. The van der Waals surface area contributed by atoms with Crippen LogP contribution in [0.3, 0.4) is 0 Å². The van der Waals surface area contributed by atoms with E-state index in [1.807, 2.05) is 0 Å². The van der Waals surface area contributed by atoms with E-state index in [9.17, 15) is 13.2 Å². The Balaban J connectivity index is 2.39. The number of carbonyl (C=O) groups excluding carboxylic acids is 1. The third-order valence-electron chi connectivity index (χ3n) is 3.42. The molecule has 0 saturated carbocycles. The number of fused-ring (bicyclic) bond motifs is 2. The molecule has 0 aliphatic carbocycles. The molecule has 0 aromatic heterocycles. The average Bonchev–Trinajstić information content (AvgIpc) is 2.54. The van der Waals surface area contributed by atoms with Crippen molar-refractivity contribution in [1.29, 1.82) is 0 Å². The minimum Gasteiger partial charge on any atom is -0.307 e. The van der Waals surface area contributed by atoms with Gasteiger partial charge >= 0.3 is 0 Å². The van der Waals surface area contributed by atoms with E-state index >= 15 is 0 Å². The van der Waals surface area contributed by atoms with Gasteiger partial charge in [-0.1, -0.05) is 30.3 Å². The number of nitrogens with zero attached hydrogens (tertiary/aromatic N) is 1. The van der Waals surface area contributed by atoms with Crippen molar-refractivity contribution in [3.05, 3.63) is 54.1 Å². The Labute approximate surface area is 117 Å². The van der Waals surface area contributed by atoms with E-state index in [1.54, 1.807) is 48.5 Å². The number of sulfone groups is 1. The molecule has 1 heterocycles. The number of benzene rings is 2. The molecule has 102 valence electrons. The molecule has 20 heavy (non-hydrogen) atoms. The number of para-hydroxylation sites is 1. The Morgan fingerprint density at radius 1 is 1.00 bits per heavy atom. The van der Waals surface area contributed by atoms with Crippen LogP contribution in [0, 0.1) is 0 Å². The van der Waals surface area contributed by atoms with Crippen LogP contribution in [0.4, 0.5) is 5.69 Å². The lowest BCUT2D eigenvalue weighted by molar-refractivity contribution is -0.116. The summed E-state index contributed by atoms with van der Waals surface area (Å²) in [5.74, 6) is -0.177. The molecule has 1 aliphatic heterocycles. The van der Waals surface area contributed by atoms with Gasteiger partial charge in [0.15, 0.2) is 0 Å². The van der Waals surface area contributed by atoms with Crippen LogP contribution >= 0.6 is 0 Å². The summed E-state index contributed by atoms with van der Waals surface area (Å²) >= 11 is 0. The van der Waals surface area contributed by atoms with E-state index in [0.29, 0.717) is 11.3 Å². The summed E-state index contributed by atoms with van der Waals surface area (Å²) in [6, 6.07) is 13.4. The minimum absolute atomic E-state index is 0.177. The zero-order valence-corrected chi connectivity index (χ0v) is 11.7. The summed E-state index contributed by atoms with van der Waals surface area (Å²) in [7, 11) is -3.60. The summed E-state index contributed by atoms with van der Waals surface area (Å²) in [6.45, 7) is 1.71. The quantitative estimate of drug-likeness (QED) is 0.747. The summed E-state index contributed by atoms with van der Waals surface area (Å²) < 4.78 is 25.5. The zero-order valence-electron chi connectivity index (χ0n) is 10.9. The van der Waals surface area contributed by atoms with Gasteiger partial charge in [0.2, 0.25) is 15.7 Å². The van der Waals surface area contributed by atoms with Gasteiger partial charge < -0.3 is 4.90 Å². The monoisotopic (exact) mass is 287 g/mol. The highest BCUT2D eigenvalue weighted by Crippen LogP contribution is 2.36. The molecule has 0 radical (unpaired) electrons. The van der Waals surface area contributed by atoms with Gasteiger partial charge in [-0.05, 0) is 23.8 Å². The van der Waals surface area contributed by atoms with Crippen LogP contribution in [0.25, 0.3) is 0 Å². The van der Waals surface area contributed by atoms with Gasteiger partial charge in [0.25, 0.3) is 0 Å². The molecule has 0 N–H and O–H groups in total. The smallest absolute Gasteiger partial charge is 0.224 e. The number of amides is 1. The van der Waals surface area contributed by atoms with Gasteiger partial charge in [-0.3, -0.25) is 4.79 Å². The normalized spacial score (nSPS) is 15.9. The highest BCUT2D eigenvalue weighted by Gasteiger charge is 2.31. The number of carbonyl (C=O) groups is 1. The Kier molecular flexibility index (Phi) is 2.87. The van der Waals surface area contributed by atoms with Crippen LogP contribution in [0.5, 0.6) is 0 Å². The molecule has 0 saturated heterocycles. The van der Waals surface area contributed by atoms with Crippen molar-refractivity contribution in [1.82, 2.24) is 0 Å². The zero-order chi connectivity index (χ0) is 14.3. The van der Waals surface area contributed by atoms with Crippen molar-refractivity contribution in [2.24, 2.45) is 0 Å².